The number of piperidine rings is 1. The van der Waals surface area contributed by atoms with E-state index in [1.54, 1.807) is 12.3 Å². The Labute approximate surface area is 151 Å². The Morgan fingerprint density at radius 1 is 1.27 bits per heavy atom. The minimum Gasteiger partial charge on any atom is -0.474 e. The lowest BCUT2D eigenvalue weighted by molar-refractivity contribution is -0.132. The molecule has 1 fully saturated rings. The van der Waals surface area contributed by atoms with E-state index in [1.165, 1.54) is 0 Å². The number of hydrogen-bond donors (Lipinski definition) is 0. The van der Waals surface area contributed by atoms with Crippen molar-refractivity contribution in [3.8, 4) is 5.88 Å². The van der Waals surface area contributed by atoms with Crippen LogP contribution in [0.5, 0.6) is 5.88 Å². The normalized spacial score (nSPS) is 15.3. The van der Waals surface area contributed by atoms with Crippen molar-refractivity contribution in [2.75, 3.05) is 13.1 Å². The molecule has 1 aromatic carbocycles. The van der Waals surface area contributed by atoms with Gasteiger partial charge in [0.2, 0.25) is 11.8 Å². The molecule has 1 saturated heterocycles. The van der Waals surface area contributed by atoms with Crippen molar-refractivity contribution in [3.05, 3.63) is 48.0 Å². The minimum atomic E-state index is 0.0698. The van der Waals surface area contributed by atoms with Crippen molar-refractivity contribution in [1.29, 1.82) is 0 Å². The highest BCUT2D eigenvalue weighted by Crippen LogP contribution is 2.21. The number of nitrogens with zero attached hydrogens (tertiary/aromatic N) is 4. The molecule has 0 unspecified atom stereocenters. The molecule has 134 valence electrons. The number of fused-ring (bicyclic) bond motifs is 1. The third kappa shape index (κ3) is 3.51. The summed E-state index contributed by atoms with van der Waals surface area (Å²) in [5.74, 6) is 1.35. The van der Waals surface area contributed by atoms with Crippen molar-refractivity contribution < 1.29 is 14.1 Å². The molecule has 26 heavy (non-hydrogen) atoms. The zero-order valence-corrected chi connectivity index (χ0v) is 14.6. The molecule has 3 heterocycles. The molecule has 0 bridgehead atoms. The topological polar surface area (TPSA) is 81.4 Å². The zero-order chi connectivity index (χ0) is 17.9. The average Bonchev–Trinajstić information content (AvgIpc) is 3.05. The van der Waals surface area contributed by atoms with Crippen molar-refractivity contribution in [2.24, 2.45) is 0 Å². The van der Waals surface area contributed by atoms with Crippen LogP contribution in [0.15, 0.2) is 41.1 Å². The lowest BCUT2D eigenvalue weighted by Crippen LogP contribution is -2.42. The van der Waals surface area contributed by atoms with Gasteiger partial charge in [0.25, 0.3) is 0 Å². The third-order valence-electron chi connectivity index (χ3n) is 4.60. The van der Waals surface area contributed by atoms with Gasteiger partial charge in [0, 0.05) is 43.6 Å². The van der Waals surface area contributed by atoms with Crippen molar-refractivity contribution >= 4 is 16.9 Å². The number of para-hydroxylation sites is 1. The van der Waals surface area contributed by atoms with Crippen LogP contribution < -0.4 is 4.74 Å². The number of carbonyl (C=O) groups is 1. The molecule has 7 heteroatoms. The van der Waals surface area contributed by atoms with Gasteiger partial charge in [-0.05, 0) is 19.1 Å². The standard InChI is InChI=1S/C19H20N4O3/c1-13-20-9-6-18(21-13)25-14-7-10-23(11-8-14)19(24)12-16-15-4-2-3-5-17(15)26-22-16/h2-6,9,14H,7-8,10-12H2,1H3. The fraction of sp³-hybridized carbons (Fsp3) is 0.368. The van der Waals surface area contributed by atoms with Gasteiger partial charge in [-0.25, -0.2) is 4.98 Å². The summed E-state index contributed by atoms with van der Waals surface area (Å²) in [7, 11) is 0. The summed E-state index contributed by atoms with van der Waals surface area (Å²) in [6.45, 7) is 3.18. The van der Waals surface area contributed by atoms with E-state index >= 15 is 0 Å². The van der Waals surface area contributed by atoms with Crippen LogP contribution in [0.25, 0.3) is 11.0 Å². The summed E-state index contributed by atoms with van der Waals surface area (Å²) in [6.07, 6.45) is 3.59. The van der Waals surface area contributed by atoms with E-state index in [0.29, 0.717) is 36.1 Å². The fourth-order valence-corrected chi connectivity index (χ4v) is 3.21. The van der Waals surface area contributed by atoms with Crippen LogP contribution in [-0.2, 0) is 11.2 Å². The Bertz CT molecular complexity index is 916. The van der Waals surface area contributed by atoms with E-state index in [4.69, 9.17) is 9.26 Å². The maximum atomic E-state index is 12.6. The maximum absolute atomic E-state index is 12.6. The Kier molecular flexibility index (Phi) is 4.51. The number of benzene rings is 1. The first-order chi connectivity index (χ1) is 12.7. The van der Waals surface area contributed by atoms with Gasteiger partial charge < -0.3 is 14.2 Å². The Morgan fingerprint density at radius 3 is 2.88 bits per heavy atom. The SMILES string of the molecule is Cc1nccc(OC2CCN(C(=O)Cc3noc4ccccc34)CC2)n1. The number of hydrogen-bond acceptors (Lipinski definition) is 6. The predicted octanol–water partition coefficient (Wildman–Crippen LogP) is 2.54. The summed E-state index contributed by atoms with van der Waals surface area (Å²) in [5, 5.41) is 4.95. The molecule has 0 spiro atoms. The average molecular weight is 352 g/mol. The van der Waals surface area contributed by atoms with Gasteiger partial charge in [-0.1, -0.05) is 17.3 Å². The maximum Gasteiger partial charge on any atom is 0.228 e. The molecule has 0 N–H and O–H groups in total. The third-order valence-corrected chi connectivity index (χ3v) is 4.60. The largest absolute Gasteiger partial charge is 0.474 e. The molecule has 1 aliphatic heterocycles. The molecule has 4 rings (SSSR count). The van der Waals surface area contributed by atoms with Gasteiger partial charge in [0.15, 0.2) is 5.58 Å². The Morgan fingerprint density at radius 2 is 2.08 bits per heavy atom. The molecule has 0 saturated carbocycles. The van der Waals surface area contributed by atoms with Gasteiger partial charge in [-0.2, -0.15) is 4.98 Å². The lowest BCUT2D eigenvalue weighted by Gasteiger charge is -2.31. The highest BCUT2D eigenvalue weighted by atomic mass is 16.5. The quantitative estimate of drug-likeness (QED) is 0.718. The molecule has 0 atom stereocenters. The van der Waals surface area contributed by atoms with Gasteiger partial charge in [0.1, 0.15) is 17.6 Å². The lowest BCUT2D eigenvalue weighted by atomic mass is 10.1. The van der Waals surface area contributed by atoms with E-state index in [1.807, 2.05) is 36.1 Å². The van der Waals surface area contributed by atoms with E-state index in [-0.39, 0.29) is 18.4 Å². The van der Waals surface area contributed by atoms with Crippen molar-refractivity contribution in [3.63, 3.8) is 0 Å². The number of amides is 1. The molecule has 3 aromatic rings. The van der Waals surface area contributed by atoms with Crippen LogP contribution in [0.3, 0.4) is 0 Å². The van der Waals surface area contributed by atoms with E-state index in [2.05, 4.69) is 15.1 Å². The van der Waals surface area contributed by atoms with Crippen LogP contribution in [0.2, 0.25) is 0 Å². The van der Waals surface area contributed by atoms with E-state index in [9.17, 15) is 4.79 Å². The second-order valence-corrected chi connectivity index (χ2v) is 6.44. The van der Waals surface area contributed by atoms with Gasteiger partial charge >= 0.3 is 0 Å². The van der Waals surface area contributed by atoms with E-state index in [0.717, 1.165) is 18.2 Å². The predicted molar refractivity (Wildman–Crippen MR) is 94.7 cm³/mol. The number of likely N-dealkylation sites (tertiary alicyclic amines) is 1. The van der Waals surface area contributed by atoms with Gasteiger partial charge in [-0.3, -0.25) is 4.79 Å². The van der Waals surface area contributed by atoms with Crippen LogP contribution in [0, 0.1) is 6.92 Å². The zero-order valence-electron chi connectivity index (χ0n) is 14.6. The molecule has 7 nitrogen and oxygen atoms in total. The molecule has 0 radical (unpaired) electrons. The van der Waals surface area contributed by atoms with Crippen LogP contribution >= 0.6 is 0 Å². The van der Waals surface area contributed by atoms with Crippen molar-refractivity contribution in [1.82, 2.24) is 20.0 Å². The summed E-state index contributed by atoms with van der Waals surface area (Å²) < 4.78 is 11.2. The second-order valence-electron chi connectivity index (χ2n) is 6.44. The van der Waals surface area contributed by atoms with Crippen LogP contribution in [-0.4, -0.2) is 45.1 Å². The molecule has 2 aromatic heterocycles. The van der Waals surface area contributed by atoms with Gasteiger partial charge in [0.05, 0.1) is 6.42 Å². The minimum absolute atomic E-state index is 0.0698. The Balaban J connectivity index is 1.33. The second kappa shape index (κ2) is 7.11. The summed E-state index contributed by atoms with van der Waals surface area (Å²) in [5.41, 5.74) is 1.41. The number of rotatable bonds is 4. The molecule has 1 aliphatic rings. The summed E-state index contributed by atoms with van der Waals surface area (Å²) >= 11 is 0. The molecule has 1 amide bonds. The van der Waals surface area contributed by atoms with E-state index < -0.39 is 0 Å². The molecule has 0 aliphatic carbocycles. The van der Waals surface area contributed by atoms with Crippen LogP contribution in [0.4, 0.5) is 0 Å². The molecular weight excluding hydrogens is 332 g/mol. The number of aromatic nitrogens is 3. The first-order valence-electron chi connectivity index (χ1n) is 8.76. The number of carbonyl (C=O) groups excluding carboxylic acids is 1. The highest BCUT2D eigenvalue weighted by Gasteiger charge is 2.25. The highest BCUT2D eigenvalue weighted by molar-refractivity contribution is 5.86. The van der Waals surface area contributed by atoms with Gasteiger partial charge in [-0.15, -0.1) is 0 Å². The first-order valence-corrected chi connectivity index (χ1v) is 8.76. The van der Waals surface area contributed by atoms with Crippen molar-refractivity contribution in [2.45, 2.75) is 32.3 Å². The molecular formula is C19H20N4O3. The summed E-state index contributed by atoms with van der Waals surface area (Å²) in [6, 6.07) is 9.36. The monoisotopic (exact) mass is 352 g/mol. The smallest absolute Gasteiger partial charge is 0.228 e. The first kappa shape index (κ1) is 16.5. The summed E-state index contributed by atoms with van der Waals surface area (Å²) in [4.78, 5) is 22.8. The van der Waals surface area contributed by atoms with Crippen LogP contribution in [0.1, 0.15) is 24.4 Å². The number of ether oxygens (including phenoxy) is 1. The fourth-order valence-electron chi connectivity index (χ4n) is 3.21. The number of aryl methyl sites for hydroxylation is 1. The Hall–Kier alpha value is -2.96.